The molecule has 0 unspecified atom stereocenters. The highest BCUT2D eigenvalue weighted by molar-refractivity contribution is 6.09. The zero-order chi connectivity index (χ0) is 34.2. The van der Waals surface area contributed by atoms with E-state index in [1.807, 2.05) is 6.20 Å². The fourth-order valence-corrected chi connectivity index (χ4v) is 6.75. The van der Waals surface area contributed by atoms with Gasteiger partial charge in [-0.05, 0) is 93.6 Å². The molecular weight excluding hydrogens is 589 g/mol. The molecule has 1 aliphatic rings. The second-order valence-electron chi connectivity index (χ2n) is 16.5. The summed E-state index contributed by atoms with van der Waals surface area (Å²) in [7, 11) is 2.15. The number of para-hydroxylation sites is 2. The molecule has 0 saturated carbocycles. The molecule has 5 nitrogen and oxygen atoms in total. The fourth-order valence-electron chi connectivity index (χ4n) is 6.75. The first-order chi connectivity index (χ1) is 22.6. The van der Waals surface area contributed by atoms with Gasteiger partial charge in [-0.15, -0.1) is 0 Å². The van der Waals surface area contributed by atoms with Crippen LogP contribution in [-0.2, 0) is 16.2 Å². The van der Waals surface area contributed by atoms with Gasteiger partial charge in [-0.3, -0.25) is 4.57 Å². The molecule has 1 aliphatic heterocycles. The van der Waals surface area contributed by atoms with Crippen LogP contribution in [0.2, 0.25) is 0 Å². The number of nitrogens with zero attached hydrogens (tertiary/aromatic N) is 4. The normalized spacial score (nSPS) is 13.9. The number of ether oxygens (including phenoxy) is 1. The largest absolute Gasteiger partial charge is 0.457 e. The van der Waals surface area contributed by atoms with Crippen molar-refractivity contribution in [2.24, 2.45) is 0 Å². The van der Waals surface area contributed by atoms with Gasteiger partial charge in [0.25, 0.3) is 0 Å². The topological polar surface area (TPSA) is 33.5 Å². The van der Waals surface area contributed by atoms with Gasteiger partial charge in [0.15, 0.2) is 0 Å². The van der Waals surface area contributed by atoms with Gasteiger partial charge in [-0.2, -0.15) is 0 Å². The Labute approximate surface area is 285 Å². The number of aromatic nitrogens is 2. The zero-order valence-electron chi connectivity index (χ0n) is 30.1. The Morgan fingerprint density at radius 1 is 0.583 bits per heavy atom. The summed E-state index contributed by atoms with van der Waals surface area (Å²) >= 11 is 0. The number of hydrogen-bond acceptors (Lipinski definition) is 4. The van der Waals surface area contributed by atoms with E-state index in [-0.39, 0.29) is 16.2 Å². The molecule has 5 heteroatoms. The van der Waals surface area contributed by atoms with Gasteiger partial charge in [0, 0.05) is 41.8 Å². The zero-order valence-corrected chi connectivity index (χ0v) is 30.1. The minimum absolute atomic E-state index is 0.00453. The molecule has 0 radical (unpaired) electrons. The third kappa shape index (κ3) is 5.70. The Kier molecular flexibility index (Phi) is 7.39. The van der Waals surface area contributed by atoms with Crippen LogP contribution in [0.3, 0.4) is 0 Å². The molecule has 4 aromatic carbocycles. The number of fused-ring (bicyclic) bond motifs is 4. The summed E-state index contributed by atoms with van der Waals surface area (Å²) in [5.74, 6) is 2.54. The number of benzene rings is 4. The van der Waals surface area contributed by atoms with E-state index in [0.29, 0.717) is 0 Å². The summed E-state index contributed by atoms with van der Waals surface area (Å²) in [6.07, 6.45) is 1.94. The summed E-state index contributed by atoms with van der Waals surface area (Å²) in [6, 6.07) is 33.0. The Morgan fingerprint density at radius 2 is 1.27 bits per heavy atom. The van der Waals surface area contributed by atoms with E-state index >= 15 is 0 Å². The van der Waals surface area contributed by atoms with Gasteiger partial charge in [-0.1, -0.05) is 80.5 Å². The minimum atomic E-state index is -0.0514. The summed E-state index contributed by atoms with van der Waals surface area (Å²) in [5.41, 5.74) is 9.58. The SMILES string of the molecule is CN1CN(c2cc(Oc3ccc4c5cc(C(C)(C)C)ccc5n(-c5cc(C(C)(C)C)ccn5)c4c3)cc(C(C)(C)C)c2)c2ccccc21. The van der Waals surface area contributed by atoms with Crippen molar-refractivity contribution in [2.75, 3.05) is 23.5 Å². The van der Waals surface area contributed by atoms with Crippen molar-refractivity contribution in [3.8, 4) is 17.3 Å². The van der Waals surface area contributed by atoms with Crippen molar-refractivity contribution in [1.29, 1.82) is 0 Å². The molecule has 0 aliphatic carbocycles. The Hall–Kier alpha value is -4.77. The third-order valence-electron chi connectivity index (χ3n) is 9.69. The van der Waals surface area contributed by atoms with Crippen molar-refractivity contribution in [2.45, 2.75) is 78.6 Å². The molecule has 0 fully saturated rings. The van der Waals surface area contributed by atoms with Crippen LogP contribution in [0.15, 0.2) is 97.2 Å². The van der Waals surface area contributed by atoms with E-state index in [4.69, 9.17) is 9.72 Å². The van der Waals surface area contributed by atoms with Gasteiger partial charge in [0.1, 0.15) is 17.3 Å². The first-order valence-electron chi connectivity index (χ1n) is 17.0. The molecular formula is C43H48N4O. The summed E-state index contributed by atoms with van der Waals surface area (Å²) < 4.78 is 9.10. The van der Waals surface area contributed by atoms with Crippen molar-refractivity contribution in [3.05, 3.63) is 114 Å². The smallest absolute Gasteiger partial charge is 0.137 e. The average Bonchev–Trinajstić information content (AvgIpc) is 3.53. The van der Waals surface area contributed by atoms with Crippen LogP contribution in [0.25, 0.3) is 27.6 Å². The van der Waals surface area contributed by atoms with Gasteiger partial charge < -0.3 is 14.5 Å². The molecule has 0 spiro atoms. The first kappa shape index (κ1) is 31.8. The third-order valence-corrected chi connectivity index (χ3v) is 9.69. The molecule has 0 saturated heterocycles. The van der Waals surface area contributed by atoms with Crippen LogP contribution in [0.5, 0.6) is 11.5 Å². The Morgan fingerprint density at radius 3 is 1.98 bits per heavy atom. The number of hydrogen-bond donors (Lipinski definition) is 0. The van der Waals surface area contributed by atoms with Crippen molar-refractivity contribution in [1.82, 2.24) is 9.55 Å². The summed E-state index contributed by atoms with van der Waals surface area (Å²) in [6.45, 7) is 21.1. The molecule has 48 heavy (non-hydrogen) atoms. The average molecular weight is 637 g/mol. The predicted molar refractivity (Wildman–Crippen MR) is 203 cm³/mol. The maximum atomic E-state index is 6.81. The van der Waals surface area contributed by atoms with E-state index < -0.39 is 0 Å². The molecule has 246 valence electrons. The highest BCUT2D eigenvalue weighted by Crippen LogP contribution is 2.43. The lowest BCUT2D eigenvalue weighted by atomic mass is 9.86. The number of pyridine rings is 1. The molecule has 2 aromatic heterocycles. The number of rotatable bonds is 4. The van der Waals surface area contributed by atoms with Gasteiger partial charge in [0.2, 0.25) is 0 Å². The van der Waals surface area contributed by atoms with Crippen LogP contribution in [0, 0.1) is 0 Å². The number of anilines is 3. The quantitative estimate of drug-likeness (QED) is 0.193. The highest BCUT2D eigenvalue weighted by atomic mass is 16.5. The van der Waals surface area contributed by atoms with E-state index in [0.717, 1.165) is 40.7 Å². The lowest BCUT2D eigenvalue weighted by Gasteiger charge is -2.25. The maximum Gasteiger partial charge on any atom is 0.137 e. The van der Waals surface area contributed by atoms with Crippen LogP contribution in [0.4, 0.5) is 17.1 Å². The van der Waals surface area contributed by atoms with E-state index in [2.05, 4.69) is 175 Å². The lowest BCUT2D eigenvalue weighted by Crippen LogP contribution is -2.24. The minimum Gasteiger partial charge on any atom is -0.457 e. The Bertz CT molecular complexity index is 2170. The monoisotopic (exact) mass is 636 g/mol. The van der Waals surface area contributed by atoms with E-state index in [1.54, 1.807) is 0 Å². The predicted octanol–water partition coefficient (Wildman–Crippen LogP) is 11.4. The van der Waals surface area contributed by atoms with E-state index in [1.165, 1.54) is 38.8 Å². The van der Waals surface area contributed by atoms with Crippen molar-refractivity contribution >= 4 is 38.9 Å². The fraction of sp³-hybridized carbons (Fsp3) is 0.326. The highest BCUT2D eigenvalue weighted by Gasteiger charge is 2.27. The first-order valence-corrected chi connectivity index (χ1v) is 17.0. The summed E-state index contributed by atoms with van der Waals surface area (Å²) in [4.78, 5) is 9.58. The second-order valence-corrected chi connectivity index (χ2v) is 16.5. The van der Waals surface area contributed by atoms with Gasteiger partial charge in [-0.25, -0.2) is 4.98 Å². The standard InChI is InChI=1S/C43H48N4O/c1-41(2,3)28-15-18-36-35(23-28)34-17-16-32(26-39(34)47(36)40-24-29(19-20-44-40)42(4,5)6)48-33-22-30(43(7,8)9)21-31(25-33)46-27-45(10)37-13-11-12-14-38(37)46/h11-26H,27H2,1-10H3. The maximum absolute atomic E-state index is 6.81. The van der Waals surface area contributed by atoms with Crippen LogP contribution in [0.1, 0.15) is 79.0 Å². The second kappa shape index (κ2) is 11.2. The summed E-state index contributed by atoms with van der Waals surface area (Å²) in [5, 5.41) is 2.41. The van der Waals surface area contributed by atoms with Gasteiger partial charge in [0.05, 0.1) is 29.1 Å². The molecule has 0 bridgehead atoms. The molecule has 0 N–H and O–H groups in total. The molecule has 7 rings (SSSR count). The van der Waals surface area contributed by atoms with E-state index in [9.17, 15) is 0 Å². The molecule has 3 heterocycles. The molecule has 0 amide bonds. The molecule has 0 atom stereocenters. The van der Waals surface area contributed by atoms with Crippen LogP contribution < -0.4 is 14.5 Å². The van der Waals surface area contributed by atoms with Crippen LogP contribution >= 0.6 is 0 Å². The van der Waals surface area contributed by atoms with Crippen molar-refractivity contribution < 1.29 is 4.74 Å². The Balaban J connectivity index is 1.38. The molecule has 6 aromatic rings. The van der Waals surface area contributed by atoms with Crippen molar-refractivity contribution in [3.63, 3.8) is 0 Å². The van der Waals surface area contributed by atoms with Gasteiger partial charge >= 0.3 is 0 Å². The lowest BCUT2D eigenvalue weighted by molar-refractivity contribution is 0.479. The van der Waals surface area contributed by atoms with Crippen LogP contribution in [-0.4, -0.2) is 23.3 Å².